The summed E-state index contributed by atoms with van der Waals surface area (Å²) >= 11 is 0. The first-order chi connectivity index (χ1) is 12.4. The molecule has 0 radical (unpaired) electrons. The van der Waals surface area contributed by atoms with E-state index >= 15 is 0 Å². The highest BCUT2D eigenvalue weighted by Crippen LogP contribution is 2.19. The number of benzene rings is 2. The molecule has 0 atom stereocenters. The third-order valence-electron chi connectivity index (χ3n) is 4.03. The number of anilines is 2. The fourth-order valence-corrected chi connectivity index (χ4v) is 2.56. The SMILES string of the molecule is COC(=O)c1cccc(N(CCC(=O)N(C)c2ccccc2)C(C)=O)c1. The van der Waals surface area contributed by atoms with Crippen LogP contribution in [0.2, 0.25) is 0 Å². The first kappa shape index (κ1) is 19.2. The van der Waals surface area contributed by atoms with Crippen molar-refractivity contribution >= 4 is 29.2 Å². The van der Waals surface area contributed by atoms with Crippen molar-refractivity contribution in [3.05, 3.63) is 60.2 Å². The largest absolute Gasteiger partial charge is 0.465 e. The average molecular weight is 354 g/mol. The van der Waals surface area contributed by atoms with Crippen molar-refractivity contribution in [3.63, 3.8) is 0 Å². The second-order valence-electron chi connectivity index (χ2n) is 5.75. The summed E-state index contributed by atoms with van der Waals surface area (Å²) in [6.45, 7) is 1.65. The van der Waals surface area contributed by atoms with E-state index in [-0.39, 0.29) is 24.8 Å². The average Bonchev–Trinajstić information content (AvgIpc) is 2.67. The predicted octanol–water partition coefficient (Wildman–Crippen LogP) is 2.88. The van der Waals surface area contributed by atoms with Crippen molar-refractivity contribution < 1.29 is 19.1 Å². The minimum absolute atomic E-state index is 0.105. The van der Waals surface area contributed by atoms with E-state index in [9.17, 15) is 14.4 Å². The van der Waals surface area contributed by atoms with Gasteiger partial charge in [0.1, 0.15) is 0 Å². The number of methoxy groups -OCH3 is 1. The number of rotatable bonds is 6. The molecule has 6 nitrogen and oxygen atoms in total. The smallest absolute Gasteiger partial charge is 0.337 e. The lowest BCUT2D eigenvalue weighted by molar-refractivity contribution is -0.118. The number of esters is 1. The highest BCUT2D eigenvalue weighted by atomic mass is 16.5. The standard InChI is InChI=1S/C20H22N2O4/c1-15(23)22(18-11-7-8-16(14-18)20(25)26-3)13-12-19(24)21(2)17-9-5-4-6-10-17/h4-11,14H,12-13H2,1-3H3. The van der Waals surface area contributed by atoms with E-state index in [0.29, 0.717) is 11.3 Å². The molecule has 2 rings (SSSR count). The number of para-hydroxylation sites is 1. The number of carbonyl (C=O) groups excluding carboxylic acids is 3. The molecule has 0 spiro atoms. The Morgan fingerprint density at radius 1 is 0.962 bits per heavy atom. The maximum absolute atomic E-state index is 12.4. The molecule has 2 amide bonds. The number of nitrogens with zero attached hydrogens (tertiary/aromatic N) is 2. The summed E-state index contributed by atoms with van der Waals surface area (Å²) in [5.74, 6) is -0.788. The van der Waals surface area contributed by atoms with Crippen LogP contribution in [0.5, 0.6) is 0 Å². The van der Waals surface area contributed by atoms with Crippen molar-refractivity contribution in [2.45, 2.75) is 13.3 Å². The quantitative estimate of drug-likeness (QED) is 0.748. The molecule has 2 aromatic rings. The summed E-state index contributed by atoms with van der Waals surface area (Å²) in [5.41, 5.74) is 1.69. The van der Waals surface area contributed by atoms with Gasteiger partial charge in [-0.25, -0.2) is 4.79 Å². The first-order valence-electron chi connectivity index (χ1n) is 8.22. The van der Waals surface area contributed by atoms with Crippen LogP contribution in [-0.2, 0) is 14.3 Å². The predicted molar refractivity (Wildman–Crippen MR) is 100 cm³/mol. The van der Waals surface area contributed by atoms with Gasteiger partial charge in [0.05, 0.1) is 12.7 Å². The van der Waals surface area contributed by atoms with Gasteiger partial charge in [-0.1, -0.05) is 24.3 Å². The summed E-state index contributed by atoms with van der Waals surface area (Å²) < 4.78 is 4.71. The molecule has 0 fully saturated rings. The lowest BCUT2D eigenvalue weighted by Gasteiger charge is -2.23. The molecular formula is C20H22N2O4. The highest BCUT2D eigenvalue weighted by molar-refractivity contribution is 5.97. The van der Waals surface area contributed by atoms with E-state index in [1.165, 1.54) is 18.9 Å². The van der Waals surface area contributed by atoms with Crippen LogP contribution < -0.4 is 9.80 Å². The van der Waals surface area contributed by atoms with Gasteiger partial charge >= 0.3 is 5.97 Å². The fraction of sp³-hybridized carbons (Fsp3) is 0.250. The Labute approximate surface area is 153 Å². The number of hydrogen-bond acceptors (Lipinski definition) is 4. The minimum Gasteiger partial charge on any atom is -0.465 e. The van der Waals surface area contributed by atoms with E-state index in [0.717, 1.165) is 5.69 Å². The van der Waals surface area contributed by atoms with E-state index in [1.807, 2.05) is 30.3 Å². The molecule has 2 aromatic carbocycles. The van der Waals surface area contributed by atoms with Gasteiger partial charge < -0.3 is 14.5 Å². The molecule has 0 aliphatic carbocycles. The van der Waals surface area contributed by atoms with Gasteiger partial charge in [-0.2, -0.15) is 0 Å². The van der Waals surface area contributed by atoms with Gasteiger partial charge in [0, 0.05) is 38.3 Å². The van der Waals surface area contributed by atoms with Crippen LogP contribution in [0.3, 0.4) is 0 Å². The molecule has 136 valence electrons. The van der Waals surface area contributed by atoms with Crippen LogP contribution in [0.1, 0.15) is 23.7 Å². The van der Waals surface area contributed by atoms with Crippen LogP contribution >= 0.6 is 0 Å². The zero-order chi connectivity index (χ0) is 19.1. The Balaban J connectivity index is 2.10. The van der Waals surface area contributed by atoms with Crippen molar-refractivity contribution in [2.75, 3.05) is 30.5 Å². The summed E-state index contributed by atoms with van der Waals surface area (Å²) in [4.78, 5) is 39.2. The van der Waals surface area contributed by atoms with Crippen LogP contribution in [0.25, 0.3) is 0 Å². The molecule has 0 heterocycles. The molecule has 0 saturated heterocycles. The molecular weight excluding hydrogens is 332 g/mol. The molecule has 0 saturated carbocycles. The van der Waals surface area contributed by atoms with Gasteiger partial charge in [0.25, 0.3) is 0 Å². The Morgan fingerprint density at radius 3 is 2.23 bits per heavy atom. The molecule has 0 N–H and O–H groups in total. The maximum atomic E-state index is 12.4. The topological polar surface area (TPSA) is 66.9 Å². The summed E-state index contributed by atoms with van der Waals surface area (Å²) in [6, 6.07) is 15.9. The first-order valence-corrected chi connectivity index (χ1v) is 8.22. The minimum atomic E-state index is -0.477. The molecule has 0 aliphatic rings. The van der Waals surface area contributed by atoms with Gasteiger partial charge in [-0.15, -0.1) is 0 Å². The molecule has 0 bridgehead atoms. The number of ether oxygens (including phenoxy) is 1. The van der Waals surface area contributed by atoms with E-state index in [1.54, 1.807) is 36.2 Å². The summed E-state index contributed by atoms with van der Waals surface area (Å²) in [7, 11) is 3.00. The van der Waals surface area contributed by atoms with Crippen molar-refractivity contribution in [1.82, 2.24) is 0 Å². The fourth-order valence-electron chi connectivity index (χ4n) is 2.56. The molecule has 0 aromatic heterocycles. The Kier molecular flexibility index (Phi) is 6.49. The highest BCUT2D eigenvalue weighted by Gasteiger charge is 2.17. The normalized spacial score (nSPS) is 10.1. The summed E-state index contributed by atoms with van der Waals surface area (Å²) in [6.07, 6.45) is 0.160. The third kappa shape index (κ3) is 4.69. The van der Waals surface area contributed by atoms with Gasteiger partial charge in [0.15, 0.2) is 0 Å². The van der Waals surface area contributed by atoms with Gasteiger partial charge in [0.2, 0.25) is 11.8 Å². The Hall–Kier alpha value is -3.15. The third-order valence-corrected chi connectivity index (χ3v) is 4.03. The van der Waals surface area contributed by atoms with Crippen LogP contribution in [0, 0.1) is 0 Å². The molecule has 6 heteroatoms. The lowest BCUT2D eigenvalue weighted by Crippen LogP contribution is -2.34. The number of carbonyl (C=O) groups is 3. The van der Waals surface area contributed by atoms with Crippen molar-refractivity contribution in [3.8, 4) is 0 Å². The molecule has 0 unspecified atom stereocenters. The summed E-state index contributed by atoms with van der Waals surface area (Å²) in [5, 5.41) is 0. The second kappa shape index (κ2) is 8.80. The zero-order valence-electron chi connectivity index (χ0n) is 15.1. The van der Waals surface area contributed by atoms with E-state index in [4.69, 9.17) is 4.74 Å². The molecule has 0 aliphatic heterocycles. The van der Waals surface area contributed by atoms with Crippen LogP contribution in [0.4, 0.5) is 11.4 Å². The van der Waals surface area contributed by atoms with Gasteiger partial charge in [-0.05, 0) is 30.3 Å². The monoisotopic (exact) mass is 354 g/mol. The van der Waals surface area contributed by atoms with Crippen LogP contribution in [-0.4, -0.2) is 38.5 Å². The van der Waals surface area contributed by atoms with E-state index < -0.39 is 5.97 Å². The Bertz CT molecular complexity index is 789. The maximum Gasteiger partial charge on any atom is 0.337 e. The van der Waals surface area contributed by atoms with Crippen molar-refractivity contribution in [1.29, 1.82) is 0 Å². The van der Waals surface area contributed by atoms with Crippen LogP contribution in [0.15, 0.2) is 54.6 Å². The van der Waals surface area contributed by atoms with E-state index in [2.05, 4.69) is 0 Å². The Morgan fingerprint density at radius 2 is 1.62 bits per heavy atom. The second-order valence-corrected chi connectivity index (χ2v) is 5.75. The number of amides is 2. The zero-order valence-corrected chi connectivity index (χ0v) is 15.1. The molecule has 26 heavy (non-hydrogen) atoms. The number of hydrogen-bond donors (Lipinski definition) is 0. The van der Waals surface area contributed by atoms with Gasteiger partial charge in [-0.3, -0.25) is 9.59 Å². The van der Waals surface area contributed by atoms with Crippen molar-refractivity contribution in [2.24, 2.45) is 0 Å². The lowest BCUT2D eigenvalue weighted by atomic mass is 10.1.